The Bertz CT molecular complexity index is 1140. The second-order valence-corrected chi connectivity index (χ2v) is 8.64. The summed E-state index contributed by atoms with van der Waals surface area (Å²) in [5, 5.41) is 7.02. The van der Waals surface area contributed by atoms with Crippen LogP contribution in [0.5, 0.6) is 5.75 Å². The SMILES string of the molecule is Cc1onc(-c2ccccc2)c1C(=O)NCCCN1CCN(c2ccccc2OCC(F)(F)F)CC1. The van der Waals surface area contributed by atoms with E-state index in [1.807, 2.05) is 35.2 Å². The van der Waals surface area contributed by atoms with Crippen molar-refractivity contribution in [2.24, 2.45) is 0 Å². The molecule has 2 aromatic carbocycles. The molecule has 2 heterocycles. The number of benzene rings is 2. The van der Waals surface area contributed by atoms with Crippen LogP contribution in [-0.2, 0) is 0 Å². The number of rotatable bonds is 9. The standard InChI is InChI=1S/C26H29F3N4O3/c1-19-23(24(31-36-19)20-8-3-2-4-9-20)25(34)30-12-7-13-32-14-16-33(17-15-32)21-10-5-6-11-22(21)35-18-26(27,28)29/h2-6,8-11H,7,12-18H2,1H3,(H,30,34). The molecule has 1 aliphatic heterocycles. The number of aromatic nitrogens is 1. The van der Waals surface area contributed by atoms with E-state index >= 15 is 0 Å². The van der Waals surface area contributed by atoms with Gasteiger partial charge in [0.2, 0.25) is 0 Å². The van der Waals surface area contributed by atoms with Gasteiger partial charge in [0.1, 0.15) is 22.8 Å². The number of aryl methyl sites for hydroxylation is 1. The van der Waals surface area contributed by atoms with Crippen molar-refractivity contribution in [3.63, 3.8) is 0 Å². The van der Waals surface area contributed by atoms with Gasteiger partial charge in [-0.15, -0.1) is 0 Å². The molecule has 1 N–H and O–H groups in total. The molecule has 36 heavy (non-hydrogen) atoms. The zero-order chi connectivity index (χ0) is 25.5. The number of halogens is 3. The number of carbonyl (C=O) groups is 1. The van der Waals surface area contributed by atoms with Crippen LogP contribution < -0.4 is 15.0 Å². The molecule has 3 aromatic rings. The van der Waals surface area contributed by atoms with E-state index in [1.165, 1.54) is 0 Å². The van der Waals surface area contributed by atoms with Gasteiger partial charge in [-0.05, 0) is 32.0 Å². The molecule has 0 unspecified atom stereocenters. The van der Waals surface area contributed by atoms with Gasteiger partial charge in [-0.1, -0.05) is 47.6 Å². The van der Waals surface area contributed by atoms with E-state index in [9.17, 15) is 18.0 Å². The lowest BCUT2D eigenvalue weighted by molar-refractivity contribution is -0.153. The van der Waals surface area contributed by atoms with E-state index in [4.69, 9.17) is 9.26 Å². The van der Waals surface area contributed by atoms with Crippen molar-refractivity contribution < 1.29 is 27.2 Å². The van der Waals surface area contributed by atoms with Crippen molar-refractivity contribution in [2.45, 2.75) is 19.5 Å². The summed E-state index contributed by atoms with van der Waals surface area (Å²) in [7, 11) is 0. The van der Waals surface area contributed by atoms with Crippen molar-refractivity contribution >= 4 is 11.6 Å². The Morgan fingerprint density at radius 2 is 1.75 bits per heavy atom. The number of amides is 1. The number of anilines is 1. The van der Waals surface area contributed by atoms with E-state index in [0.717, 1.165) is 31.6 Å². The average Bonchev–Trinajstić information content (AvgIpc) is 3.27. The first-order valence-electron chi connectivity index (χ1n) is 11.9. The van der Waals surface area contributed by atoms with Crippen LogP contribution in [0.15, 0.2) is 59.1 Å². The molecule has 4 rings (SSSR count). The van der Waals surface area contributed by atoms with Crippen LogP contribution in [-0.4, -0.2) is 68.0 Å². The Morgan fingerprint density at radius 1 is 1.06 bits per heavy atom. The molecule has 1 saturated heterocycles. The number of nitrogens with one attached hydrogen (secondary N) is 1. The zero-order valence-electron chi connectivity index (χ0n) is 20.1. The monoisotopic (exact) mass is 502 g/mol. The molecular formula is C26H29F3N4O3. The zero-order valence-corrected chi connectivity index (χ0v) is 20.1. The van der Waals surface area contributed by atoms with Gasteiger partial charge in [-0.3, -0.25) is 9.69 Å². The molecule has 0 aliphatic carbocycles. The molecule has 1 amide bonds. The number of nitrogens with zero attached hydrogens (tertiary/aromatic N) is 3. The molecule has 1 fully saturated rings. The number of alkyl halides is 3. The van der Waals surface area contributed by atoms with Gasteiger partial charge >= 0.3 is 6.18 Å². The third-order valence-corrected chi connectivity index (χ3v) is 6.04. The van der Waals surface area contributed by atoms with E-state index in [1.54, 1.807) is 31.2 Å². The van der Waals surface area contributed by atoms with Gasteiger partial charge in [-0.2, -0.15) is 13.2 Å². The molecule has 10 heteroatoms. The van der Waals surface area contributed by atoms with Gasteiger partial charge in [-0.25, -0.2) is 0 Å². The van der Waals surface area contributed by atoms with Gasteiger partial charge < -0.3 is 19.5 Å². The third kappa shape index (κ3) is 6.57. The fourth-order valence-electron chi connectivity index (χ4n) is 4.24. The number of piperazine rings is 1. The number of para-hydroxylation sites is 2. The summed E-state index contributed by atoms with van der Waals surface area (Å²) in [6.07, 6.45) is -3.61. The second-order valence-electron chi connectivity index (χ2n) is 8.64. The Hall–Kier alpha value is -3.53. The first-order chi connectivity index (χ1) is 17.3. The van der Waals surface area contributed by atoms with Gasteiger partial charge in [0.15, 0.2) is 6.61 Å². The Kier molecular flexibility index (Phi) is 8.14. The van der Waals surface area contributed by atoms with Gasteiger partial charge in [0.25, 0.3) is 5.91 Å². The number of hydrogen-bond acceptors (Lipinski definition) is 6. The maximum absolute atomic E-state index is 12.8. The minimum Gasteiger partial charge on any atom is -0.482 e. The second kappa shape index (κ2) is 11.5. The third-order valence-electron chi connectivity index (χ3n) is 6.04. The summed E-state index contributed by atoms with van der Waals surface area (Å²) in [4.78, 5) is 17.1. The first kappa shape index (κ1) is 25.6. The lowest BCUT2D eigenvalue weighted by Gasteiger charge is -2.36. The van der Waals surface area contributed by atoms with Crippen molar-refractivity contribution in [1.82, 2.24) is 15.4 Å². The number of carbonyl (C=O) groups excluding carboxylic acids is 1. The summed E-state index contributed by atoms with van der Waals surface area (Å²) in [5.41, 5.74) is 2.47. The highest BCUT2D eigenvalue weighted by Crippen LogP contribution is 2.30. The molecule has 0 radical (unpaired) electrons. The van der Waals surface area contributed by atoms with E-state index < -0.39 is 12.8 Å². The molecule has 192 valence electrons. The van der Waals surface area contributed by atoms with Crippen LogP contribution in [0, 0.1) is 6.92 Å². The number of ether oxygens (including phenoxy) is 1. The quantitative estimate of drug-likeness (QED) is 0.434. The van der Waals surface area contributed by atoms with Crippen LogP contribution in [0.25, 0.3) is 11.3 Å². The predicted molar refractivity (Wildman–Crippen MR) is 130 cm³/mol. The average molecular weight is 503 g/mol. The topological polar surface area (TPSA) is 70.8 Å². The smallest absolute Gasteiger partial charge is 0.422 e. The molecule has 0 bridgehead atoms. The van der Waals surface area contributed by atoms with Crippen molar-refractivity contribution in [1.29, 1.82) is 0 Å². The Balaban J connectivity index is 1.23. The largest absolute Gasteiger partial charge is 0.482 e. The predicted octanol–water partition coefficient (Wildman–Crippen LogP) is 4.53. The summed E-state index contributed by atoms with van der Waals surface area (Å²) in [6.45, 7) is 4.62. The summed E-state index contributed by atoms with van der Waals surface area (Å²) < 4.78 is 48.0. The highest BCUT2D eigenvalue weighted by atomic mass is 19.4. The van der Waals surface area contributed by atoms with Crippen molar-refractivity contribution in [2.75, 3.05) is 50.8 Å². The van der Waals surface area contributed by atoms with Crippen LogP contribution in [0.3, 0.4) is 0 Å². The summed E-state index contributed by atoms with van der Waals surface area (Å²) >= 11 is 0. The molecule has 1 aliphatic rings. The summed E-state index contributed by atoms with van der Waals surface area (Å²) in [5.74, 6) is 0.500. The van der Waals surface area contributed by atoms with Gasteiger partial charge in [0.05, 0.1) is 5.69 Å². The lowest BCUT2D eigenvalue weighted by Crippen LogP contribution is -2.47. The normalized spacial score (nSPS) is 14.6. The molecule has 0 atom stereocenters. The Morgan fingerprint density at radius 3 is 2.47 bits per heavy atom. The molecule has 0 spiro atoms. The minimum atomic E-state index is -4.38. The fourth-order valence-corrected chi connectivity index (χ4v) is 4.24. The Labute approximate surface area is 207 Å². The van der Waals surface area contributed by atoms with Crippen LogP contribution in [0.1, 0.15) is 22.5 Å². The lowest BCUT2D eigenvalue weighted by atomic mass is 10.1. The van der Waals surface area contributed by atoms with Crippen LogP contribution in [0.2, 0.25) is 0 Å². The van der Waals surface area contributed by atoms with E-state index in [-0.39, 0.29) is 11.7 Å². The summed E-state index contributed by atoms with van der Waals surface area (Å²) in [6, 6.07) is 16.3. The van der Waals surface area contributed by atoms with Crippen LogP contribution >= 0.6 is 0 Å². The molecule has 7 nitrogen and oxygen atoms in total. The minimum absolute atomic E-state index is 0.215. The number of hydrogen-bond donors (Lipinski definition) is 1. The highest BCUT2D eigenvalue weighted by Gasteiger charge is 2.29. The van der Waals surface area contributed by atoms with Crippen LogP contribution in [0.4, 0.5) is 18.9 Å². The van der Waals surface area contributed by atoms with Gasteiger partial charge in [0, 0.05) is 38.3 Å². The maximum Gasteiger partial charge on any atom is 0.422 e. The molecular weight excluding hydrogens is 473 g/mol. The molecule has 1 aromatic heterocycles. The van der Waals surface area contributed by atoms with Crippen molar-refractivity contribution in [3.05, 3.63) is 65.9 Å². The van der Waals surface area contributed by atoms with E-state index in [2.05, 4.69) is 15.4 Å². The fraction of sp³-hybridized carbons (Fsp3) is 0.385. The maximum atomic E-state index is 12.8. The van der Waals surface area contributed by atoms with E-state index in [0.29, 0.717) is 42.3 Å². The van der Waals surface area contributed by atoms with Crippen molar-refractivity contribution in [3.8, 4) is 17.0 Å². The molecule has 0 saturated carbocycles. The first-order valence-corrected chi connectivity index (χ1v) is 11.9. The highest BCUT2D eigenvalue weighted by molar-refractivity contribution is 6.00.